The molecule has 0 aromatic heterocycles. The van der Waals surface area contributed by atoms with Gasteiger partial charge < -0.3 is 9.47 Å². The van der Waals surface area contributed by atoms with Crippen molar-refractivity contribution in [3.05, 3.63) is 29.8 Å². The highest BCUT2D eigenvalue weighted by molar-refractivity contribution is 5.71. The molecule has 0 fully saturated rings. The molecule has 0 aliphatic rings. The van der Waals surface area contributed by atoms with Gasteiger partial charge in [0.2, 0.25) is 0 Å². The number of unbranched alkanes of at least 4 members (excludes halogenated alkanes) is 1. The van der Waals surface area contributed by atoms with Crippen LogP contribution >= 0.6 is 0 Å². The fourth-order valence-electron chi connectivity index (χ4n) is 1.28. The van der Waals surface area contributed by atoms with Crippen LogP contribution in [0, 0.1) is 0 Å². The molecule has 0 heterocycles. The molecule has 6 heteroatoms. The van der Waals surface area contributed by atoms with E-state index in [4.69, 9.17) is 9.47 Å². The topological polar surface area (TPSA) is 35.5 Å². The Bertz CT molecular complexity index is 416. The molecular formula is C13H15F3O3. The SMILES string of the molecule is CCCCOC(=O)COc1cccc(C(F)(F)F)c1. The zero-order chi connectivity index (χ0) is 14.3. The van der Waals surface area contributed by atoms with Gasteiger partial charge in [0.05, 0.1) is 12.2 Å². The maximum atomic E-state index is 12.4. The highest BCUT2D eigenvalue weighted by Crippen LogP contribution is 2.31. The second-order valence-corrected chi connectivity index (χ2v) is 3.89. The Balaban J connectivity index is 2.47. The maximum Gasteiger partial charge on any atom is 0.416 e. The van der Waals surface area contributed by atoms with Gasteiger partial charge >= 0.3 is 12.1 Å². The summed E-state index contributed by atoms with van der Waals surface area (Å²) < 4.78 is 47.1. The van der Waals surface area contributed by atoms with Gasteiger partial charge in [-0.2, -0.15) is 13.2 Å². The number of halogens is 3. The Morgan fingerprint density at radius 2 is 2.05 bits per heavy atom. The van der Waals surface area contributed by atoms with E-state index in [1.165, 1.54) is 12.1 Å². The first-order chi connectivity index (χ1) is 8.93. The van der Waals surface area contributed by atoms with Crippen LogP contribution in [0.1, 0.15) is 25.3 Å². The summed E-state index contributed by atoms with van der Waals surface area (Å²) in [5, 5.41) is 0. The van der Waals surface area contributed by atoms with Crippen molar-refractivity contribution in [1.29, 1.82) is 0 Å². The van der Waals surface area contributed by atoms with Gasteiger partial charge in [-0.1, -0.05) is 19.4 Å². The van der Waals surface area contributed by atoms with Crippen LogP contribution in [0.15, 0.2) is 24.3 Å². The molecule has 106 valence electrons. The number of alkyl halides is 3. The van der Waals surface area contributed by atoms with Gasteiger partial charge in [0.1, 0.15) is 5.75 Å². The Morgan fingerprint density at radius 1 is 1.32 bits per heavy atom. The lowest BCUT2D eigenvalue weighted by molar-refractivity contribution is -0.146. The molecule has 0 atom stereocenters. The molecule has 1 rings (SSSR count). The number of hydrogen-bond donors (Lipinski definition) is 0. The number of carbonyl (C=O) groups excluding carboxylic acids is 1. The van der Waals surface area contributed by atoms with Gasteiger partial charge in [-0.3, -0.25) is 0 Å². The highest BCUT2D eigenvalue weighted by Gasteiger charge is 2.30. The van der Waals surface area contributed by atoms with Crippen molar-refractivity contribution in [3.63, 3.8) is 0 Å². The summed E-state index contributed by atoms with van der Waals surface area (Å²) in [5.41, 5.74) is -0.815. The molecule has 1 aromatic carbocycles. The van der Waals surface area contributed by atoms with Crippen molar-refractivity contribution >= 4 is 5.97 Å². The van der Waals surface area contributed by atoms with Crippen LogP contribution in [0.4, 0.5) is 13.2 Å². The molecule has 0 aliphatic carbocycles. The fraction of sp³-hybridized carbons (Fsp3) is 0.462. The fourth-order valence-corrected chi connectivity index (χ4v) is 1.28. The molecule has 19 heavy (non-hydrogen) atoms. The Labute approximate surface area is 109 Å². The normalized spacial score (nSPS) is 11.2. The van der Waals surface area contributed by atoms with Crippen molar-refractivity contribution < 1.29 is 27.4 Å². The van der Waals surface area contributed by atoms with Gasteiger partial charge in [-0.15, -0.1) is 0 Å². The third kappa shape index (κ3) is 5.63. The van der Waals surface area contributed by atoms with Crippen LogP contribution in [0.5, 0.6) is 5.75 Å². The van der Waals surface area contributed by atoms with Crippen LogP contribution < -0.4 is 4.74 Å². The lowest BCUT2D eigenvalue weighted by Crippen LogP contribution is -2.15. The van der Waals surface area contributed by atoms with Gasteiger partial charge in [0.15, 0.2) is 6.61 Å². The molecular weight excluding hydrogens is 261 g/mol. The van der Waals surface area contributed by atoms with Crippen LogP contribution in [0.2, 0.25) is 0 Å². The summed E-state index contributed by atoms with van der Waals surface area (Å²) in [6.45, 7) is 1.85. The minimum absolute atomic E-state index is 0.0118. The molecule has 0 amide bonds. The predicted octanol–water partition coefficient (Wildman–Crippen LogP) is 3.43. The van der Waals surface area contributed by atoms with Crippen LogP contribution in [-0.2, 0) is 15.7 Å². The van der Waals surface area contributed by atoms with Crippen molar-refractivity contribution in [2.24, 2.45) is 0 Å². The van der Waals surface area contributed by atoms with E-state index >= 15 is 0 Å². The second kappa shape index (κ2) is 7.01. The Morgan fingerprint density at radius 3 is 2.68 bits per heavy atom. The first-order valence-electron chi connectivity index (χ1n) is 5.89. The third-order valence-corrected chi connectivity index (χ3v) is 2.28. The number of hydrogen-bond acceptors (Lipinski definition) is 3. The second-order valence-electron chi connectivity index (χ2n) is 3.89. The smallest absolute Gasteiger partial charge is 0.416 e. The lowest BCUT2D eigenvalue weighted by Gasteiger charge is -2.10. The zero-order valence-corrected chi connectivity index (χ0v) is 10.5. The summed E-state index contributed by atoms with van der Waals surface area (Å²) in [6.07, 6.45) is -2.79. The monoisotopic (exact) mass is 276 g/mol. The molecule has 1 aromatic rings. The van der Waals surface area contributed by atoms with Crippen LogP contribution in [-0.4, -0.2) is 19.2 Å². The average Bonchev–Trinajstić information content (AvgIpc) is 2.36. The van der Waals surface area contributed by atoms with Crippen molar-refractivity contribution in [2.75, 3.05) is 13.2 Å². The maximum absolute atomic E-state index is 12.4. The van der Waals surface area contributed by atoms with E-state index < -0.39 is 24.3 Å². The first kappa shape index (κ1) is 15.3. The van der Waals surface area contributed by atoms with E-state index in [0.717, 1.165) is 25.0 Å². The van der Waals surface area contributed by atoms with E-state index in [1.54, 1.807) is 0 Å². The van der Waals surface area contributed by atoms with E-state index in [-0.39, 0.29) is 5.75 Å². The Kier molecular flexibility index (Phi) is 5.66. The minimum Gasteiger partial charge on any atom is -0.482 e. The third-order valence-electron chi connectivity index (χ3n) is 2.28. The van der Waals surface area contributed by atoms with E-state index in [1.807, 2.05) is 6.92 Å². The predicted molar refractivity (Wildman–Crippen MR) is 62.8 cm³/mol. The van der Waals surface area contributed by atoms with Crippen molar-refractivity contribution in [3.8, 4) is 5.75 Å². The summed E-state index contributed by atoms with van der Waals surface area (Å²) in [6, 6.07) is 4.36. The molecule has 0 saturated carbocycles. The molecule has 0 unspecified atom stereocenters. The van der Waals surface area contributed by atoms with Gasteiger partial charge in [0.25, 0.3) is 0 Å². The number of carbonyl (C=O) groups is 1. The van der Waals surface area contributed by atoms with E-state index in [9.17, 15) is 18.0 Å². The van der Waals surface area contributed by atoms with Gasteiger partial charge in [-0.25, -0.2) is 4.79 Å². The largest absolute Gasteiger partial charge is 0.482 e. The van der Waals surface area contributed by atoms with Crippen molar-refractivity contribution in [1.82, 2.24) is 0 Å². The molecule has 0 N–H and O–H groups in total. The number of ether oxygens (including phenoxy) is 2. The van der Waals surface area contributed by atoms with Crippen LogP contribution in [0.3, 0.4) is 0 Å². The van der Waals surface area contributed by atoms with E-state index in [0.29, 0.717) is 6.61 Å². The van der Waals surface area contributed by atoms with Gasteiger partial charge in [0, 0.05) is 0 Å². The van der Waals surface area contributed by atoms with E-state index in [2.05, 4.69) is 0 Å². The summed E-state index contributed by atoms with van der Waals surface area (Å²) in [5.74, 6) is -0.604. The molecule has 0 spiro atoms. The molecule has 0 radical (unpaired) electrons. The summed E-state index contributed by atoms with van der Waals surface area (Å²) in [7, 11) is 0. The zero-order valence-electron chi connectivity index (χ0n) is 10.5. The summed E-state index contributed by atoms with van der Waals surface area (Å²) in [4.78, 5) is 11.2. The number of benzene rings is 1. The lowest BCUT2D eigenvalue weighted by atomic mass is 10.2. The average molecular weight is 276 g/mol. The first-order valence-corrected chi connectivity index (χ1v) is 5.89. The van der Waals surface area contributed by atoms with Gasteiger partial charge in [-0.05, 0) is 24.6 Å². The standard InChI is InChI=1S/C13H15F3O3/c1-2-3-7-18-12(17)9-19-11-6-4-5-10(8-11)13(14,15)16/h4-6,8H,2-3,7,9H2,1H3. The highest BCUT2D eigenvalue weighted by atomic mass is 19.4. The molecule has 0 bridgehead atoms. The molecule has 3 nitrogen and oxygen atoms in total. The number of rotatable bonds is 6. The summed E-state index contributed by atoms with van der Waals surface area (Å²) >= 11 is 0. The quantitative estimate of drug-likeness (QED) is 0.590. The Hall–Kier alpha value is -1.72. The number of esters is 1. The molecule has 0 saturated heterocycles. The van der Waals surface area contributed by atoms with Crippen LogP contribution in [0.25, 0.3) is 0 Å². The van der Waals surface area contributed by atoms with Crippen molar-refractivity contribution in [2.45, 2.75) is 25.9 Å². The minimum atomic E-state index is -4.43. The molecule has 0 aliphatic heterocycles.